The van der Waals surface area contributed by atoms with Gasteiger partial charge in [-0.05, 0) is 49.5 Å². The molecule has 4 nitrogen and oxygen atoms in total. The number of amides is 1. The molecule has 2 aromatic rings. The Bertz CT molecular complexity index is 797. The Kier molecular flexibility index (Phi) is 7.55. The van der Waals surface area contributed by atoms with Crippen LogP contribution in [0.3, 0.4) is 0 Å². The van der Waals surface area contributed by atoms with Gasteiger partial charge >= 0.3 is 0 Å². The normalized spacial score (nSPS) is 12.2. The van der Waals surface area contributed by atoms with Gasteiger partial charge in [-0.1, -0.05) is 74.5 Å². The van der Waals surface area contributed by atoms with Gasteiger partial charge in [0.2, 0.25) is 3.79 Å². The van der Waals surface area contributed by atoms with E-state index in [1.807, 2.05) is 37.3 Å². The number of aryl methyl sites for hydroxylation is 1. The summed E-state index contributed by atoms with van der Waals surface area (Å²) in [7, 11) is 0. The van der Waals surface area contributed by atoms with Crippen molar-refractivity contribution in [3.63, 3.8) is 0 Å². The van der Waals surface area contributed by atoms with Crippen molar-refractivity contribution in [3.8, 4) is 0 Å². The van der Waals surface area contributed by atoms with Crippen LogP contribution in [0.2, 0.25) is 0 Å². The summed E-state index contributed by atoms with van der Waals surface area (Å²) in [6, 6.07) is 14.5. The van der Waals surface area contributed by atoms with Crippen molar-refractivity contribution in [1.29, 1.82) is 0 Å². The highest BCUT2D eigenvalue weighted by Crippen LogP contribution is 2.29. The lowest BCUT2D eigenvalue weighted by Crippen LogP contribution is -2.56. The molecule has 26 heavy (non-hydrogen) atoms. The maximum atomic E-state index is 12.4. The van der Waals surface area contributed by atoms with Crippen molar-refractivity contribution in [3.05, 3.63) is 64.1 Å². The molecule has 1 unspecified atom stereocenters. The van der Waals surface area contributed by atoms with Gasteiger partial charge in [0.25, 0.3) is 5.91 Å². The molecule has 0 bridgehead atoms. The van der Waals surface area contributed by atoms with E-state index < -0.39 is 15.9 Å². The van der Waals surface area contributed by atoms with E-state index in [2.05, 4.69) is 31.9 Å². The molecular weight excluding hydrogens is 481 g/mol. The van der Waals surface area contributed by atoms with Gasteiger partial charge in [0.1, 0.15) is 6.17 Å². The smallest absolute Gasteiger partial charge is 0.253 e. The highest BCUT2D eigenvalue weighted by molar-refractivity contribution is 9.10. The standard InChI is InChI=1S/C17H15BrCl3N3OS/c1-10-5-7-13(8-6-10)22-16(26)24-15(17(19,20)21)23-14(25)11-3-2-4-12(18)9-11/h2-9,15H,1H3,(H,23,25)(H2,22,24,26). The van der Waals surface area contributed by atoms with Crippen LogP contribution in [0, 0.1) is 6.92 Å². The van der Waals surface area contributed by atoms with E-state index in [-0.39, 0.29) is 5.11 Å². The fourth-order valence-electron chi connectivity index (χ4n) is 1.98. The number of hydrogen-bond acceptors (Lipinski definition) is 2. The Labute approximate surface area is 180 Å². The molecule has 1 amide bonds. The number of alkyl halides is 3. The summed E-state index contributed by atoms with van der Waals surface area (Å²) in [5.41, 5.74) is 2.31. The van der Waals surface area contributed by atoms with E-state index in [0.29, 0.717) is 5.56 Å². The van der Waals surface area contributed by atoms with Crippen molar-refractivity contribution >= 4 is 79.7 Å². The number of carbonyl (C=O) groups excluding carboxylic acids is 1. The number of thiocarbonyl (C=S) groups is 1. The Morgan fingerprint density at radius 1 is 1.12 bits per heavy atom. The van der Waals surface area contributed by atoms with Crippen molar-refractivity contribution in [2.24, 2.45) is 0 Å². The van der Waals surface area contributed by atoms with Gasteiger partial charge in [-0.3, -0.25) is 4.79 Å². The van der Waals surface area contributed by atoms with E-state index in [1.54, 1.807) is 18.2 Å². The number of rotatable bonds is 4. The predicted molar refractivity (Wildman–Crippen MR) is 116 cm³/mol. The molecule has 9 heteroatoms. The quantitative estimate of drug-likeness (QED) is 0.311. The molecule has 0 aliphatic carbocycles. The van der Waals surface area contributed by atoms with Crippen molar-refractivity contribution in [1.82, 2.24) is 10.6 Å². The van der Waals surface area contributed by atoms with Gasteiger partial charge in [0, 0.05) is 15.7 Å². The monoisotopic (exact) mass is 493 g/mol. The second-order valence-corrected chi connectivity index (χ2v) is 9.12. The summed E-state index contributed by atoms with van der Waals surface area (Å²) in [4.78, 5) is 12.4. The van der Waals surface area contributed by atoms with Crippen LogP contribution in [0.1, 0.15) is 15.9 Å². The Hall–Kier alpha value is -1.05. The van der Waals surface area contributed by atoms with Crippen LogP contribution in [-0.4, -0.2) is 21.0 Å². The largest absolute Gasteiger partial charge is 0.339 e. The zero-order valence-electron chi connectivity index (χ0n) is 13.5. The number of hydrogen-bond donors (Lipinski definition) is 3. The first-order chi connectivity index (χ1) is 12.1. The third-order valence-electron chi connectivity index (χ3n) is 3.27. The summed E-state index contributed by atoms with van der Waals surface area (Å²) in [5, 5.41) is 8.64. The third-order valence-corrected chi connectivity index (χ3v) is 4.64. The lowest BCUT2D eigenvalue weighted by atomic mass is 10.2. The van der Waals surface area contributed by atoms with Crippen molar-refractivity contribution in [2.45, 2.75) is 16.9 Å². The van der Waals surface area contributed by atoms with E-state index in [4.69, 9.17) is 47.0 Å². The van der Waals surface area contributed by atoms with Crippen LogP contribution in [0.25, 0.3) is 0 Å². The average Bonchev–Trinajstić information content (AvgIpc) is 2.55. The van der Waals surface area contributed by atoms with Crippen LogP contribution >= 0.6 is 63.0 Å². The van der Waals surface area contributed by atoms with Crippen LogP contribution in [0.5, 0.6) is 0 Å². The molecule has 0 fully saturated rings. The van der Waals surface area contributed by atoms with Gasteiger partial charge in [0.15, 0.2) is 5.11 Å². The average molecular weight is 496 g/mol. The molecule has 0 heterocycles. The van der Waals surface area contributed by atoms with Crippen LogP contribution in [0.4, 0.5) is 5.69 Å². The molecule has 0 saturated carbocycles. The number of carbonyl (C=O) groups is 1. The maximum absolute atomic E-state index is 12.4. The molecule has 0 radical (unpaired) electrons. The Morgan fingerprint density at radius 2 is 1.77 bits per heavy atom. The van der Waals surface area contributed by atoms with Crippen molar-refractivity contribution in [2.75, 3.05) is 5.32 Å². The number of anilines is 1. The van der Waals surface area contributed by atoms with E-state index >= 15 is 0 Å². The third kappa shape index (κ3) is 6.59. The first kappa shape index (κ1) is 21.3. The zero-order valence-corrected chi connectivity index (χ0v) is 18.2. The Balaban J connectivity index is 2.06. The molecule has 0 aliphatic heterocycles. The van der Waals surface area contributed by atoms with Crippen LogP contribution in [-0.2, 0) is 0 Å². The zero-order chi connectivity index (χ0) is 19.3. The molecule has 2 aromatic carbocycles. The molecule has 0 spiro atoms. The summed E-state index contributed by atoms with van der Waals surface area (Å²) < 4.78 is -1.05. The molecule has 1 atom stereocenters. The van der Waals surface area contributed by atoms with E-state index in [0.717, 1.165) is 15.7 Å². The SMILES string of the molecule is Cc1ccc(NC(=S)NC(NC(=O)c2cccc(Br)c2)C(Cl)(Cl)Cl)cc1. The molecule has 0 aliphatic rings. The highest BCUT2D eigenvalue weighted by Gasteiger charge is 2.34. The molecule has 0 aromatic heterocycles. The first-order valence-electron chi connectivity index (χ1n) is 7.42. The topological polar surface area (TPSA) is 53.2 Å². The molecule has 2 rings (SSSR count). The molecule has 0 saturated heterocycles. The Morgan fingerprint density at radius 3 is 2.35 bits per heavy atom. The molecule has 3 N–H and O–H groups in total. The second kappa shape index (κ2) is 9.24. The van der Waals surface area contributed by atoms with Gasteiger partial charge in [-0.2, -0.15) is 0 Å². The lowest BCUT2D eigenvalue weighted by molar-refractivity contribution is 0.0934. The minimum atomic E-state index is -1.82. The van der Waals surface area contributed by atoms with Gasteiger partial charge in [0.05, 0.1) is 0 Å². The summed E-state index contributed by atoms with van der Waals surface area (Å²) in [6.45, 7) is 1.98. The molecule has 138 valence electrons. The van der Waals surface area contributed by atoms with Crippen molar-refractivity contribution < 1.29 is 4.79 Å². The maximum Gasteiger partial charge on any atom is 0.253 e. The molecular formula is C17H15BrCl3N3OS. The van der Waals surface area contributed by atoms with Gasteiger partial charge in [-0.25, -0.2) is 0 Å². The fraction of sp³-hybridized carbons (Fsp3) is 0.176. The predicted octanol–water partition coefficient (Wildman–Crippen LogP) is 5.17. The number of benzene rings is 2. The number of halogens is 4. The lowest BCUT2D eigenvalue weighted by Gasteiger charge is -2.27. The fourth-order valence-corrected chi connectivity index (χ4v) is 2.94. The second-order valence-electron chi connectivity index (χ2n) is 5.42. The first-order valence-corrected chi connectivity index (χ1v) is 9.76. The highest BCUT2D eigenvalue weighted by atomic mass is 79.9. The van der Waals surface area contributed by atoms with Crippen LogP contribution in [0.15, 0.2) is 53.0 Å². The summed E-state index contributed by atoms with van der Waals surface area (Å²) >= 11 is 26.5. The van der Waals surface area contributed by atoms with E-state index in [9.17, 15) is 4.79 Å². The van der Waals surface area contributed by atoms with Gasteiger partial charge in [-0.15, -0.1) is 0 Å². The summed E-state index contributed by atoms with van der Waals surface area (Å²) in [5.74, 6) is -0.409. The minimum Gasteiger partial charge on any atom is -0.339 e. The van der Waals surface area contributed by atoms with E-state index in [1.165, 1.54) is 0 Å². The van der Waals surface area contributed by atoms with Gasteiger partial charge < -0.3 is 16.0 Å². The van der Waals surface area contributed by atoms with Crippen LogP contribution < -0.4 is 16.0 Å². The summed E-state index contributed by atoms with van der Waals surface area (Å²) in [6.07, 6.45) is -1.04. The minimum absolute atomic E-state index is 0.208. The number of nitrogens with one attached hydrogen (secondary N) is 3.